The predicted octanol–water partition coefficient (Wildman–Crippen LogP) is 3.84. The Kier molecular flexibility index (Phi) is 4.61. The van der Waals surface area contributed by atoms with E-state index in [1.165, 1.54) is 11.3 Å². The van der Waals surface area contributed by atoms with Crippen molar-refractivity contribution in [2.24, 2.45) is 0 Å². The van der Waals surface area contributed by atoms with Crippen molar-refractivity contribution in [2.75, 3.05) is 11.9 Å². The summed E-state index contributed by atoms with van der Waals surface area (Å²) in [6.07, 6.45) is 0. The van der Waals surface area contributed by atoms with Crippen LogP contribution in [0.2, 0.25) is 0 Å². The van der Waals surface area contributed by atoms with Gasteiger partial charge in [-0.2, -0.15) is 0 Å². The molecule has 0 fully saturated rings. The second-order valence-corrected chi connectivity index (χ2v) is 5.92. The van der Waals surface area contributed by atoms with Crippen LogP contribution in [0, 0.1) is 6.92 Å². The van der Waals surface area contributed by atoms with Gasteiger partial charge in [-0.15, -0.1) is 11.3 Å². The molecule has 0 saturated carbocycles. The maximum absolute atomic E-state index is 12.0. The van der Waals surface area contributed by atoms with E-state index in [9.17, 15) is 9.59 Å². The highest BCUT2D eigenvalue weighted by Crippen LogP contribution is 2.29. The van der Waals surface area contributed by atoms with Crippen LogP contribution in [-0.2, 0) is 4.74 Å². The second-order valence-electron chi connectivity index (χ2n) is 3.88. The minimum atomic E-state index is -0.451. The number of amides is 1. The van der Waals surface area contributed by atoms with Crippen molar-refractivity contribution in [3.63, 3.8) is 0 Å². The predicted molar refractivity (Wildman–Crippen MR) is 79.4 cm³/mol. The van der Waals surface area contributed by atoms with Crippen LogP contribution < -0.4 is 5.32 Å². The number of ether oxygens (including phenoxy) is 1. The van der Waals surface area contributed by atoms with Crippen LogP contribution in [0.25, 0.3) is 0 Å². The van der Waals surface area contributed by atoms with Crippen molar-refractivity contribution in [2.45, 2.75) is 13.8 Å². The summed E-state index contributed by atoms with van der Waals surface area (Å²) in [4.78, 5) is 24.7. The first-order valence-corrected chi connectivity index (χ1v) is 7.46. The highest BCUT2D eigenvalue weighted by atomic mass is 79.9. The topological polar surface area (TPSA) is 68.5 Å². The zero-order valence-electron chi connectivity index (χ0n) is 10.9. The molecule has 0 aliphatic heterocycles. The number of hydrogen-bond donors (Lipinski definition) is 1. The number of halogens is 1. The minimum Gasteiger partial charge on any atom is -0.462 e. The van der Waals surface area contributed by atoms with Gasteiger partial charge in [-0.05, 0) is 48.0 Å². The lowest BCUT2D eigenvalue weighted by molar-refractivity contribution is 0.0528. The molecule has 0 saturated heterocycles. The molecule has 0 unspecified atom stereocenters. The number of carbonyl (C=O) groups is 2. The summed E-state index contributed by atoms with van der Waals surface area (Å²) >= 11 is 4.44. The molecule has 0 radical (unpaired) electrons. The molecular formula is C13H12BrNO4S. The molecule has 2 rings (SSSR count). The van der Waals surface area contributed by atoms with Gasteiger partial charge in [0.25, 0.3) is 5.91 Å². The minimum absolute atomic E-state index is 0.165. The zero-order chi connectivity index (χ0) is 14.7. The van der Waals surface area contributed by atoms with Gasteiger partial charge in [0.05, 0.1) is 12.2 Å². The van der Waals surface area contributed by atoms with E-state index in [4.69, 9.17) is 9.15 Å². The Morgan fingerprint density at radius 2 is 2.20 bits per heavy atom. The van der Waals surface area contributed by atoms with Gasteiger partial charge in [-0.3, -0.25) is 4.79 Å². The first-order valence-electron chi connectivity index (χ1n) is 5.85. The summed E-state index contributed by atoms with van der Waals surface area (Å²) in [6, 6.07) is 4.86. The summed E-state index contributed by atoms with van der Waals surface area (Å²) in [7, 11) is 0. The molecule has 2 aromatic heterocycles. The third-order valence-electron chi connectivity index (χ3n) is 2.37. The fraction of sp³-hybridized carbons (Fsp3) is 0.231. The third-order valence-corrected chi connectivity index (χ3v) is 3.77. The van der Waals surface area contributed by atoms with Gasteiger partial charge in [0, 0.05) is 4.88 Å². The van der Waals surface area contributed by atoms with Gasteiger partial charge in [-0.1, -0.05) is 0 Å². The number of nitrogens with one attached hydrogen (secondary N) is 1. The van der Waals surface area contributed by atoms with E-state index in [1.54, 1.807) is 25.1 Å². The Labute approximate surface area is 128 Å². The van der Waals surface area contributed by atoms with E-state index in [0.29, 0.717) is 15.2 Å². The van der Waals surface area contributed by atoms with Crippen molar-refractivity contribution in [3.05, 3.63) is 39.1 Å². The first-order chi connectivity index (χ1) is 9.51. The molecule has 0 atom stereocenters. The van der Waals surface area contributed by atoms with E-state index in [-0.39, 0.29) is 12.4 Å². The zero-order valence-corrected chi connectivity index (χ0v) is 13.3. The van der Waals surface area contributed by atoms with E-state index < -0.39 is 11.9 Å². The fourth-order valence-corrected chi connectivity index (χ4v) is 2.77. The Morgan fingerprint density at radius 1 is 1.45 bits per heavy atom. The van der Waals surface area contributed by atoms with E-state index in [2.05, 4.69) is 21.2 Å². The van der Waals surface area contributed by atoms with Crippen molar-refractivity contribution in [1.82, 2.24) is 0 Å². The molecule has 2 aromatic rings. The third kappa shape index (κ3) is 3.29. The van der Waals surface area contributed by atoms with Crippen molar-refractivity contribution >= 4 is 44.1 Å². The van der Waals surface area contributed by atoms with Crippen LogP contribution in [0.5, 0.6) is 0 Å². The molecule has 5 nitrogen and oxygen atoms in total. The second kappa shape index (κ2) is 6.23. The summed E-state index contributed by atoms with van der Waals surface area (Å²) < 4.78 is 10.6. The number of aryl methyl sites for hydroxylation is 1. The molecule has 0 aromatic carbocycles. The standard InChI is InChI=1S/C13H12BrNO4S/c1-3-18-13(17)8-6-7(2)20-12(8)15-11(16)9-4-5-10(14)19-9/h4-6H,3H2,1-2H3,(H,15,16). The average molecular weight is 358 g/mol. The van der Waals surface area contributed by atoms with E-state index in [0.717, 1.165) is 4.88 Å². The fourth-order valence-electron chi connectivity index (χ4n) is 1.57. The number of carbonyl (C=O) groups excluding carboxylic acids is 2. The van der Waals surface area contributed by atoms with Gasteiger partial charge in [-0.25, -0.2) is 4.79 Å². The summed E-state index contributed by atoms with van der Waals surface area (Å²) in [5, 5.41) is 3.12. The number of anilines is 1. The van der Waals surface area contributed by atoms with Crippen LogP contribution in [0.15, 0.2) is 27.3 Å². The van der Waals surface area contributed by atoms with Crippen LogP contribution in [0.1, 0.15) is 32.7 Å². The molecule has 0 aliphatic carbocycles. The highest BCUT2D eigenvalue weighted by Gasteiger charge is 2.19. The number of hydrogen-bond acceptors (Lipinski definition) is 5. The van der Waals surface area contributed by atoms with E-state index >= 15 is 0 Å². The Balaban J connectivity index is 2.21. The lowest BCUT2D eigenvalue weighted by atomic mass is 10.3. The average Bonchev–Trinajstić information content (AvgIpc) is 2.96. The largest absolute Gasteiger partial charge is 0.462 e. The molecule has 1 amide bonds. The van der Waals surface area contributed by atoms with E-state index in [1.807, 2.05) is 6.92 Å². The van der Waals surface area contributed by atoms with Gasteiger partial charge < -0.3 is 14.5 Å². The van der Waals surface area contributed by atoms with Crippen molar-refractivity contribution < 1.29 is 18.7 Å². The first kappa shape index (κ1) is 14.8. The van der Waals surface area contributed by atoms with Crippen molar-refractivity contribution in [1.29, 1.82) is 0 Å². The molecule has 2 heterocycles. The molecule has 20 heavy (non-hydrogen) atoms. The normalized spacial score (nSPS) is 10.3. The number of esters is 1. The van der Waals surface area contributed by atoms with Crippen molar-refractivity contribution in [3.8, 4) is 0 Å². The summed E-state index contributed by atoms with van der Waals surface area (Å²) in [6.45, 7) is 3.87. The van der Waals surface area contributed by atoms with Gasteiger partial charge in [0.2, 0.25) is 0 Å². The lowest BCUT2D eigenvalue weighted by Gasteiger charge is -2.04. The molecule has 0 spiro atoms. The SMILES string of the molecule is CCOC(=O)c1cc(C)sc1NC(=O)c1ccc(Br)o1. The maximum Gasteiger partial charge on any atom is 0.341 e. The molecule has 7 heteroatoms. The number of thiophene rings is 1. The Hall–Kier alpha value is -1.60. The van der Waals surface area contributed by atoms with Gasteiger partial charge in [0.15, 0.2) is 10.4 Å². The van der Waals surface area contributed by atoms with Gasteiger partial charge in [0.1, 0.15) is 5.00 Å². The number of rotatable bonds is 4. The maximum atomic E-state index is 12.0. The van der Waals surface area contributed by atoms with Crippen LogP contribution in [0.4, 0.5) is 5.00 Å². The molecular weight excluding hydrogens is 346 g/mol. The summed E-state index contributed by atoms with van der Waals surface area (Å²) in [5.41, 5.74) is 0.355. The Morgan fingerprint density at radius 3 is 2.80 bits per heavy atom. The molecule has 0 bridgehead atoms. The summed E-state index contributed by atoms with van der Waals surface area (Å²) in [5.74, 6) is -0.700. The van der Waals surface area contributed by atoms with Crippen LogP contribution in [-0.4, -0.2) is 18.5 Å². The molecule has 0 aliphatic rings. The Bertz CT molecular complexity index is 647. The lowest BCUT2D eigenvalue weighted by Crippen LogP contribution is -2.13. The highest BCUT2D eigenvalue weighted by molar-refractivity contribution is 9.10. The van der Waals surface area contributed by atoms with Gasteiger partial charge >= 0.3 is 5.97 Å². The quantitative estimate of drug-likeness (QED) is 0.844. The molecule has 1 N–H and O–H groups in total. The molecule has 106 valence electrons. The van der Waals surface area contributed by atoms with Crippen LogP contribution in [0.3, 0.4) is 0 Å². The monoisotopic (exact) mass is 357 g/mol. The van der Waals surface area contributed by atoms with Crippen LogP contribution >= 0.6 is 27.3 Å². The smallest absolute Gasteiger partial charge is 0.341 e. The number of furan rings is 1.